The van der Waals surface area contributed by atoms with E-state index in [9.17, 15) is 4.79 Å². The van der Waals surface area contributed by atoms with Gasteiger partial charge in [-0.25, -0.2) is 0 Å². The first-order chi connectivity index (χ1) is 9.12. The van der Waals surface area contributed by atoms with E-state index in [1.807, 2.05) is 25.1 Å². The predicted octanol–water partition coefficient (Wildman–Crippen LogP) is 2.32. The summed E-state index contributed by atoms with van der Waals surface area (Å²) in [4.78, 5) is 12.0. The summed E-state index contributed by atoms with van der Waals surface area (Å²) in [6.45, 7) is 5.08. The summed E-state index contributed by atoms with van der Waals surface area (Å²) < 4.78 is 5.04. The maximum Gasteiger partial charge on any atom is 0.224 e. The van der Waals surface area contributed by atoms with Crippen LogP contribution in [0.1, 0.15) is 31.4 Å². The van der Waals surface area contributed by atoms with Crippen LogP contribution in [0.25, 0.3) is 0 Å². The van der Waals surface area contributed by atoms with Crippen LogP contribution < -0.4 is 11.1 Å². The molecule has 4 heteroatoms. The van der Waals surface area contributed by atoms with Crippen molar-refractivity contribution in [2.75, 3.05) is 19.0 Å². The minimum absolute atomic E-state index is 0.0140. The Kier molecular flexibility index (Phi) is 6.53. The van der Waals surface area contributed by atoms with E-state index in [4.69, 9.17) is 10.5 Å². The fraction of sp³-hybridized carbons (Fsp3) is 0.533. The highest BCUT2D eigenvalue weighted by molar-refractivity contribution is 5.92. The summed E-state index contributed by atoms with van der Waals surface area (Å²) in [6, 6.07) is 5.95. The highest BCUT2D eigenvalue weighted by atomic mass is 16.5. The molecule has 1 rings (SSSR count). The van der Waals surface area contributed by atoms with Crippen molar-refractivity contribution in [1.29, 1.82) is 0 Å². The zero-order valence-electron chi connectivity index (χ0n) is 12.0. The van der Waals surface area contributed by atoms with Gasteiger partial charge in [-0.2, -0.15) is 0 Å². The van der Waals surface area contributed by atoms with Crippen LogP contribution in [0, 0.1) is 5.92 Å². The van der Waals surface area contributed by atoms with Gasteiger partial charge in [-0.15, -0.1) is 0 Å². The van der Waals surface area contributed by atoms with Crippen LogP contribution in [0.5, 0.6) is 0 Å². The van der Waals surface area contributed by atoms with Gasteiger partial charge in [0.15, 0.2) is 0 Å². The second kappa shape index (κ2) is 7.92. The number of amides is 1. The number of methoxy groups -OCH3 is 1. The summed E-state index contributed by atoms with van der Waals surface area (Å²) in [7, 11) is 1.65. The molecule has 1 unspecified atom stereocenters. The Balaban J connectivity index is 2.77. The molecule has 0 saturated carbocycles. The van der Waals surface area contributed by atoms with Crippen LogP contribution >= 0.6 is 0 Å². The summed E-state index contributed by atoms with van der Waals surface area (Å²) in [5.74, 6) is 0.222. The second-order valence-corrected chi connectivity index (χ2v) is 4.82. The molecule has 0 saturated heterocycles. The highest BCUT2D eigenvalue weighted by Gasteiger charge is 2.13. The number of rotatable bonds is 7. The summed E-state index contributed by atoms with van der Waals surface area (Å²) >= 11 is 0. The Morgan fingerprint density at radius 3 is 2.68 bits per heavy atom. The first kappa shape index (κ1) is 15.7. The van der Waals surface area contributed by atoms with Gasteiger partial charge in [-0.05, 0) is 23.5 Å². The fourth-order valence-corrected chi connectivity index (χ4v) is 2.13. The zero-order valence-corrected chi connectivity index (χ0v) is 12.0. The van der Waals surface area contributed by atoms with Gasteiger partial charge in [-0.1, -0.05) is 32.0 Å². The van der Waals surface area contributed by atoms with Crippen LogP contribution in [-0.2, 0) is 22.5 Å². The zero-order chi connectivity index (χ0) is 14.3. The Morgan fingerprint density at radius 1 is 1.42 bits per heavy atom. The lowest BCUT2D eigenvalue weighted by atomic mass is 10.0. The highest BCUT2D eigenvalue weighted by Crippen LogP contribution is 2.22. The van der Waals surface area contributed by atoms with Gasteiger partial charge >= 0.3 is 0 Å². The Labute approximate surface area is 115 Å². The molecule has 106 valence electrons. The molecule has 4 nitrogen and oxygen atoms in total. The number of aryl methyl sites for hydroxylation is 1. The molecule has 1 atom stereocenters. The number of carbonyl (C=O) groups excluding carboxylic acids is 1. The average molecular weight is 264 g/mol. The van der Waals surface area contributed by atoms with Crippen molar-refractivity contribution in [3.8, 4) is 0 Å². The Morgan fingerprint density at radius 2 is 2.11 bits per heavy atom. The standard InChI is InChI=1S/C15H24N2O2/c1-4-12-6-5-7-13(9-16)15(12)17-14(18)8-11(2)10-19-3/h5-7,11H,4,8-10,16H2,1-3H3,(H,17,18). The molecule has 1 aromatic carbocycles. The van der Waals surface area contributed by atoms with Gasteiger partial charge < -0.3 is 15.8 Å². The van der Waals surface area contributed by atoms with E-state index >= 15 is 0 Å². The first-order valence-corrected chi connectivity index (χ1v) is 6.71. The molecule has 0 bridgehead atoms. The van der Waals surface area contributed by atoms with Crippen molar-refractivity contribution in [2.45, 2.75) is 33.2 Å². The first-order valence-electron chi connectivity index (χ1n) is 6.71. The van der Waals surface area contributed by atoms with Gasteiger partial charge in [0.2, 0.25) is 5.91 Å². The number of hydrogen-bond donors (Lipinski definition) is 2. The fourth-order valence-electron chi connectivity index (χ4n) is 2.13. The molecule has 0 aliphatic carbocycles. The van der Waals surface area contributed by atoms with Crippen molar-refractivity contribution in [1.82, 2.24) is 0 Å². The van der Waals surface area contributed by atoms with Crippen LogP contribution in [0.15, 0.2) is 18.2 Å². The van der Waals surface area contributed by atoms with Crippen LogP contribution in [0.3, 0.4) is 0 Å². The molecule has 1 aromatic rings. The molecule has 19 heavy (non-hydrogen) atoms. The minimum atomic E-state index is 0.0140. The lowest BCUT2D eigenvalue weighted by molar-refractivity contribution is -0.117. The number of hydrogen-bond acceptors (Lipinski definition) is 3. The van der Waals surface area contributed by atoms with Crippen LogP contribution in [-0.4, -0.2) is 19.6 Å². The van der Waals surface area contributed by atoms with Gasteiger partial charge in [0.1, 0.15) is 0 Å². The van der Waals surface area contributed by atoms with Crippen molar-refractivity contribution >= 4 is 11.6 Å². The van der Waals surface area contributed by atoms with E-state index in [0.29, 0.717) is 19.6 Å². The minimum Gasteiger partial charge on any atom is -0.384 e. The van der Waals surface area contributed by atoms with Gasteiger partial charge in [0.05, 0.1) is 0 Å². The predicted molar refractivity (Wildman–Crippen MR) is 78.0 cm³/mol. The number of anilines is 1. The molecule has 0 aliphatic heterocycles. The topological polar surface area (TPSA) is 64.3 Å². The van der Waals surface area contributed by atoms with E-state index in [0.717, 1.165) is 23.2 Å². The molecule has 0 fully saturated rings. The van der Waals surface area contributed by atoms with E-state index in [2.05, 4.69) is 12.2 Å². The third-order valence-electron chi connectivity index (χ3n) is 3.09. The third-order valence-corrected chi connectivity index (χ3v) is 3.09. The maximum atomic E-state index is 12.0. The number of nitrogens with one attached hydrogen (secondary N) is 1. The van der Waals surface area contributed by atoms with E-state index in [1.54, 1.807) is 7.11 Å². The van der Waals surface area contributed by atoms with Crippen molar-refractivity contribution < 1.29 is 9.53 Å². The van der Waals surface area contributed by atoms with E-state index < -0.39 is 0 Å². The van der Waals surface area contributed by atoms with Crippen molar-refractivity contribution in [3.05, 3.63) is 29.3 Å². The third kappa shape index (κ3) is 4.65. The number of para-hydroxylation sites is 1. The van der Waals surface area contributed by atoms with E-state index in [-0.39, 0.29) is 11.8 Å². The molecule has 0 aromatic heterocycles. The summed E-state index contributed by atoms with van der Waals surface area (Å²) in [5, 5.41) is 3.00. The molecular weight excluding hydrogens is 240 g/mol. The lowest BCUT2D eigenvalue weighted by Crippen LogP contribution is -2.19. The van der Waals surface area contributed by atoms with Crippen molar-refractivity contribution in [2.24, 2.45) is 11.7 Å². The average Bonchev–Trinajstić information content (AvgIpc) is 2.39. The quantitative estimate of drug-likeness (QED) is 0.794. The molecule has 3 N–H and O–H groups in total. The van der Waals surface area contributed by atoms with Gasteiger partial charge in [0, 0.05) is 32.4 Å². The summed E-state index contributed by atoms with van der Waals surface area (Å²) in [6.07, 6.45) is 1.33. The SMILES string of the molecule is CCc1cccc(CN)c1NC(=O)CC(C)COC. The largest absolute Gasteiger partial charge is 0.384 e. The van der Waals surface area contributed by atoms with Gasteiger partial charge in [0.25, 0.3) is 0 Å². The Hall–Kier alpha value is -1.39. The molecule has 0 heterocycles. The molecule has 0 radical (unpaired) electrons. The molecule has 1 amide bonds. The van der Waals surface area contributed by atoms with E-state index in [1.165, 1.54) is 0 Å². The summed E-state index contributed by atoms with van der Waals surface area (Å²) in [5.41, 5.74) is 8.70. The lowest BCUT2D eigenvalue weighted by Gasteiger charge is -2.16. The number of ether oxygens (including phenoxy) is 1. The van der Waals surface area contributed by atoms with Crippen LogP contribution in [0.2, 0.25) is 0 Å². The normalized spacial score (nSPS) is 12.2. The number of carbonyl (C=O) groups is 1. The maximum absolute atomic E-state index is 12.0. The number of benzene rings is 1. The second-order valence-electron chi connectivity index (χ2n) is 4.82. The monoisotopic (exact) mass is 264 g/mol. The Bertz CT molecular complexity index is 396. The molecule has 0 spiro atoms. The van der Waals surface area contributed by atoms with Gasteiger partial charge in [-0.3, -0.25) is 4.79 Å². The van der Waals surface area contributed by atoms with Crippen LogP contribution in [0.4, 0.5) is 5.69 Å². The molecule has 0 aliphatic rings. The smallest absolute Gasteiger partial charge is 0.224 e. The van der Waals surface area contributed by atoms with Crippen molar-refractivity contribution in [3.63, 3.8) is 0 Å². The molecular formula is C15H24N2O2. The number of nitrogens with two attached hydrogens (primary N) is 1.